The lowest BCUT2D eigenvalue weighted by atomic mass is 10.1. The van der Waals surface area contributed by atoms with Crippen LogP contribution in [0.2, 0.25) is 0 Å². The molecule has 114 valence electrons. The Balaban J connectivity index is 2.21. The second-order valence-electron chi connectivity index (χ2n) is 4.65. The highest BCUT2D eigenvalue weighted by Crippen LogP contribution is 2.25. The lowest BCUT2D eigenvalue weighted by Crippen LogP contribution is -2.28. The van der Waals surface area contributed by atoms with Crippen molar-refractivity contribution in [3.05, 3.63) is 46.7 Å². The van der Waals surface area contributed by atoms with E-state index in [0.29, 0.717) is 5.69 Å². The number of sulfonamides is 1. The summed E-state index contributed by atoms with van der Waals surface area (Å²) in [4.78, 5) is 1.26. The molecule has 0 amide bonds. The zero-order valence-electron chi connectivity index (χ0n) is 11.7. The van der Waals surface area contributed by atoms with Crippen LogP contribution in [0.25, 0.3) is 0 Å². The lowest BCUT2D eigenvalue weighted by molar-refractivity contribution is 0.540. The first-order valence-electron chi connectivity index (χ1n) is 6.69. The number of rotatable bonds is 7. The number of hydrazine groups is 1. The lowest BCUT2D eigenvalue weighted by Gasteiger charge is -2.17. The number of nitrogen functional groups attached to an aromatic ring is 1. The first kappa shape index (κ1) is 16.0. The molecule has 0 saturated heterocycles. The van der Waals surface area contributed by atoms with Crippen molar-refractivity contribution >= 4 is 27.0 Å². The topological polar surface area (TPSA) is 84.2 Å². The molecule has 2 aromatic rings. The van der Waals surface area contributed by atoms with Gasteiger partial charge in [0.25, 0.3) is 0 Å². The Labute approximate surface area is 129 Å². The van der Waals surface area contributed by atoms with E-state index in [2.05, 4.69) is 10.1 Å². The van der Waals surface area contributed by atoms with Crippen LogP contribution in [0.3, 0.4) is 0 Å². The standard InChI is InChI=1S/C14H19N3O2S2/c1-2-4-13(14-5-3-10-20-14)17-21(18,19)12-8-6-11(16-15)7-9-12/h3,5-10,13,16-17H,2,4,15H2,1H3. The van der Waals surface area contributed by atoms with Gasteiger partial charge in [-0.15, -0.1) is 11.3 Å². The molecule has 4 N–H and O–H groups in total. The number of hydrogen-bond donors (Lipinski definition) is 3. The first-order valence-corrected chi connectivity index (χ1v) is 9.05. The molecule has 7 heteroatoms. The first-order chi connectivity index (χ1) is 10.1. The maximum Gasteiger partial charge on any atom is 0.241 e. The molecule has 1 aromatic carbocycles. The van der Waals surface area contributed by atoms with Gasteiger partial charge in [0.05, 0.1) is 10.9 Å². The molecular formula is C14H19N3O2S2. The van der Waals surface area contributed by atoms with E-state index in [1.54, 1.807) is 23.5 Å². The Kier molecular flexibility index (Phi) is 5.35. The Bertz CT molecular complexity index is 652. The molecule has 21 heavy (non-hydrogen) atoms. The van der Waals surface area contributed by atoms with Gasteiger partial charge in [-0.1, -0.05) is 19.4 Å². The van der Waals surface area contributed by atoms with E-state index >= 15 is 0 Å². The van der Waals surface area contributed by atoms with Crippen LogP contribution in [0.15, 0.2) is 46.7 Å². The summed E-state index contributed by atoms with van der Waals surface area (Å²) in [5, 5.41) is 1.95. The fourth-order valence-corrected chi connectivity index (χ4v) is 4.16. The van der Waals surface area contributed by atoms with Crippen LogP contribution >= 0.6 is 11.3 Å². The van der Waals surface area contributed by atoms with E-state index in [-0.39, 0.29) is 10.9 Å². The average Bonchev–Trinajstić information content (AvgIpc) is 3.01. The summed E-state index contributed by atoms with van der Waals surface area (Å²) in [7, 11) is -3.54. The van der Waals surface area contributed by atoms with Crippen molar-refractivity contribution in [2.45, 2.75) is 30.7 Å². The van der Waals surface area contributed by atoms with Gasteiger partial charge in [0.15, 0.2) is 0 Å². The average molecular weight is 325 g/mol. The van der Waals surface area contributed by atoms with Crippen molar-refractivity contribution < 1.29 is 8.42 Å². The van der Waals surface area contributed by atoms with E-state index in [4.69, 9.17) is 5.84 Å². The van der Waals surface area contributed by atoms with Crippen LogP contribution in [-0.2, 0) is 10.0 Å². The van der Waals surface area contributed by atoms with Crippen molar-refractivity contribution in [2.24, 2.45) is 5.84 Å². The summed E-state index contributed by atoms with van der Waals surface area (Å²) in [6.45, 7) is 2.04. The molecule has 0 aliphatic carbocycles. The molecule has 0 bridgehead atoms. The molecule has 0 fully saturated rings. The molecule has 0 aliphatic rings. The molecule has 1 heterocycles. The van der Waals surface area contributed by atoms with E-state index in [0.717, 1.165) is 17.7 Å². The molecule has 0 spiro atoms. The second kappa shape index (κ2) is 7.04. The third-order valence-electron chi connectivity index (χ3n) is 3.09. The Hall–Kier alpha value is -1.41. The summed E-state index contributed by atoms with van der Waals surface area (Å²) < 4.78 is 27.7. The van der Waals surface area contributed by atoms with Gasteiger partial charge in [-0.2, -0.15) is 0 Å². The van der Waals surface area contributed by atoms with Crippen LogP contribution < -0.4 is 16.0 Å². The number of hydrogen-bond acceptors (Lipinski definition) is 5. The zero-order valence-corrected chi connectivity index (χ0v) is 13.4. The van der Waals surface area contributed by atoms with Gasteiger partial charge in [0.2, 0.25) is 10.0 Å². The summed E-state index contributed by atoms with van der Waals surface area (Å²) >= 11 is 1.56. The number of nitrogens with one attached hydrogen (secondary N) is 2. The maximum absolute atomic E-state index is 12.5. The van der Waals surface area contributed by atoms with Crippen molar-refractivity contribution in [2.75, 3.05) is 5.43 Å². The summed E-state index contributed by atoms with van der Waals surface area (Å²) in [5.74, 6) is 5.28. The molecule has 0 aliphatic heterocycles. The van der Waals surface area contributed by atoms with Crippen LogP contribution in [-0.4, -0.2) is 8.42 Å². The molecule has 1 unspecified atom stereocenters. The van der Waals surface area contributed by atoms with E-state index in [1.807, 2.05) is 24.4 Å². The highest BCUT2D eigenvalue weighted by Gasteiger charge is 2.21. The summed E-state index contributed by atoms with van der Waals surface area (Å²) in [5.41, 5.74) is 3.14. The third-order valence-corrected chi connectivity index (χ3v) is 5.57. The molecule has 1 atom stereocenters. The number of benzene rings is 1. The minimum Gasteiger partial charge on any atom is -0.324 e. The monoisotopic (exact) mass is 325 g/mol. The Morgan fingerprint density at radius 3 is 2.48 bits per heavy atom. The Morgan fingerprint density at radius 1 is 1.24 bits per heavy atom. The van der Waals surface area contributed by atoms with Gasteiger partial charge in [-0.05, 0) is 42.1 Å². The SMILES string of the molecule is CCCC(NS(=O)(=O)c1ccc(NN)cc1)c1cccs1. The molecule has 0 radical (unpaired) electrons. The molecule has 1 aromatic heterocycles. The van der Waals surface area contributed by atoms with Crippen LogP contribution in [0.1, 0.15) is 30.7 Å². The van der Waals surface area contributed by atoms with E-state index < -0.39 is 10.0 Å². The predicted molar refractivity (Wildman–Crippen MR) is 86.5 cm³/mol. The van der Waals surface area contributed by atoms with E-state index in [1.165, 1.54) is 12.1 Å². The van der Waals surface area contributed by atoms with Gasteiger partial charge >= 0.3 is 0 Å². The number of nitrogens with two attached hydrogens (primary N) is 1. The number of anilines is 1. The maximum atomic E-state index is 12.5. The summed E-state index contributed by atoms with van der Waals surface area (Å²) in [6, 6.07) is 10.0. The number of thiophene rings is 1. The fourth-order valence-electron chi connectivity index (χ4n) is 2.02. The van der Waals surface area contributed by atoms with Gasteiger partial charge in [-0.25, -0.2) is 13.1 Å². The van der Waals surface area contributed by atoms with Crippen LogP contribution in [0, 0.1) is 0 Å². The van der Waals surface area contributed by atoms with Crippen molar-refractivity contribution in [3.63, 3.8) is 0 Å². The largest absolute Gasteiger partial charge is 0.324 e. The smallest absolute Gasteiger partial charge is 0.241 e. The van der Waals surface area contributed by atoms with Crippen molar-refractivity contribution in [1.82, 2.24) is 4.72 Å². The third kappa shape index (κ3) is 4.04. The molecular weight excluding hydrogens is 306 g/mol. The zero-order chi connectivity index (χ0) is 15.3. The van der Waals surface area contributed by atoms with Gasteiger partial charge in [0, 0.05) is 10.6 Å². The normalized spacial score (nSPS) is 13.0. The van der Waals surface area contributed by atoms with Crippen molar-refractivity contribution in [3.8, 4) is 0 Å². The molecule has 0 saturated carbocycles. The van der Waals surface area contributed by atoms with Crippen LogP contribution in [0.4, 0.5) is 5.69 Å². The minimum absolute atomic E-state index is 0.188. The molecule has 2 rings (SSSR count). The summed E-state index contributed by atoms with van der Waals surface area (Å²) in [6.07, 6.45) is 1.67. The minimum atomic E-state index is -3.54. The highest BCUT2D eigenvalue weighted by atomic mass is 32.2. The van der Waals surface area contributed by atoms with Crippen molar-refractivity contribution in [1.29, 1.82) is 0 Å². The quantitative estimate of drug-likeness (QED) is 0.540. The highest BCUT2D eigenvalue weighted by molar-refractivity contribution is 7.89. The van der Waals surface area contributed by atoms with Gasteiger partial charge < -0.3 is 5.43 Å². The Morgan fingerprint density at radius 2 is 1.95 bits per heavy atom. The van der Waals surface area contributed by atoms with Crippen LogP contribution in [0.5, 0.6) is 0 Å². The van der Waals surface area contributed by atoms with E-state index in [9.17, 15) is 8.42 Å². The second-order valence-corrected chi connectivity index (χ2v) is 7.34. The predicted octanol–water partition coefficient (Wildman–Crippen LogP) is 2.85. The fraction of sp³-hybridized carbons (Fsp3) is 0.286. The molecule has 5 nitrogen and oxygen atoms in total. The van der Waals surface area contributed by atoms with Gasteiger partial charge in [0.1, 0.15) is 0 Å². The van der Waals surface area contributed by atoms with Gasteiger partial charge in [-0.3, -0.25) is 5.84 Å².